The molecule has 0 aliphatic carbocycles. The van der Waals surface area contributed by atoms with Crippen LogP contribution in [0.5, 0.6) is 0 Å². The lowest BCUT2D eigenvalue weighted by atomic mass is 10.1. The summed E-state index contributed by atoms with van der Waals surface area (Å²) in [5, 5.41) is 2.37. The lowest BCUT2D eigenvalue weighted by Gasteiger charge is -2.21. The highest BCUT2D eigenvalue weighted by molar-refractivity contribution is 6.04. The van der Waals surface area contributed by atoms with Crippen LogP contribution in [0.3, 0.4) is 0 Å². The van der Waals surface area contributed by atoms with E-state index < -0.39 is 23.7 Å². The molecular formula is C26H22F3N7O2. The normalized spacial score (nSPS) is 11.9. The van der Waals surface area contributed by atoms with E-state index in [4.69, 9.17) is 10.7 Å². The van der Waals surface area contributed by atoms with Gasteiger partial charge in [0.25, 0.3) is 11.8 Å². The van der Waals surface area contributed by atoms with Crippen LogP contribution in [0.15, 0.2) is 55.0 Å². The van der Waals surface area contributed by atoms with Crippen LogP contribution in [0.4, 0.5) is 24.8 Å². The number of carbonyl (C=O) groups is 2. The molecule has 0 radical (unpaired) electrons. The summed E-state index contributed by atoms with van der Waals surface area (Å²) < 4.78 is 40.6. The maximum Gasteiger partial charge on any atom is 0.416 e. The second-order valence-electron chi connectivity index (χ2n) is 8.28. The quantitative estimate of drug-likeness (QED) is 0.380. The number of hydrogen-bond donors (Lipinski definition) is 2. The molecule has 3 N–H and O–H groups in total. The summed E-state index contributed by atoms with van der Waals surface area (Å²) in [5.74, 6) is 4.60. The maximum absolute atomic E-state index is 13.0. The van der Waals surface area contributed by atoms with Crippen LogP contribution in [0, 0.1) is 11.8 Å². The van der Waals surface area contributed by atoms with Crippen molar-refractivity contribution in [3.05, 3.63) is 71.9 Å². The van der Waals surface area contributed by atoms with Gasteiger partial charge >= 0.3 is 6.18 Å². The van der Waals surface area contributed by atoms with Gasteiger partial charge in [-0.1, -0.05) is 18.1 Å². The summed E-state index contributed by atoms with van der Waals surface area (Å²) >= 11 is 0. The Morgan fingerprint density at radius 2 is 1.84 bits per heavy atom. The van der Waals surface area contributed by atoms with Gasteiger partial charge in [-0.15, -0.1) is 0 Å². The number of hydrogen-bond acceptors (Lipinski definition) is 6. The third kappa shape index (κ3) is 5.12. The minimum Gasteiger partial charge on any atom is -0.382 e. The number of nitrogens with two attached hydrogens (primary N) is 1. The molecule has 0 fully saturated rings. The van der Waals surface area contributed by atoms with Crippen LogP contribution >= 0.6 is 0 Å². The van der Waals surface area contributed by atoms with Gasteiger partial charge in [0.1, 0.15) is 28.7 Å². The van der Waals surface area contributed by atoms with Gasteiger partial charge in [0, 0.05) is 36.8 Å². The predicted octanol–water partition coefficient (Wildman–Crippen LogP) is 4.19. The first kappa shape index (κ1) is 26.2. The van der Waals surface area contributed by atoms with Gasteiger partial charge < -0.3 is 16.0 Å². The standard InChI is InChI=1S/C26H22F3N7O2/c1-4-5-20(37)35(3)15(2)24-34-21(22-23(30)32-12-13-36(22)24)16-6-8-17(9-7-16)25(38)33-19-14-18(10-11-31-19)26(27,28)29/h6-15H,1-3H3,(H2,30,32)(H,31,33,38)/t15-/m0/s1. The smallest absolute Gasteiger partial charge is 0.382 e. The number of rotatable bonds is 5. The van der Waals surface area contributed by atoms with Crippen LogP contribution in [0.2, 0.25) is 0 Å². The molecule has 2 amide bonds. The van der Waals surface area contributed by atoms with Crippen LogP contribution in [-0.4, -0.2) is 43.1 Å². The summed E-state index contributed by atoms with van der Waals surface area (Å²) in [6.45, 7) is 3.38. The number of aromatic nitrogens is 4. The number of benzene rings is 1. The molecule has 0 aliphatic rings. The Morgan fingerprint density at radius 3 is 2.50 bits per heavy atom. The van der Waals surface area contributed by atoms with Crippen molar-refractivity contribution in [3.8, 4) is 23.1 Å². The van der Waals surface area contributed by atoms with E-state index in [0.29, 0.717) is 22.6 Å². The molecule has 9 nitrogen and oxygen atoms in total. The Bertz CT molecular complexity index is 1580. The molecule has 3 aromatic heterocycles. The topological polar surface area (TPSA) is 119 Å². The second-order valence-corrected chi connectivity index (χ2v) is 8.28. The molecule has 0 aliphatic heterocycles. The lowest BCUT2D eigenvalue weighted by Crippen LogP contribution is -2.29. The van der Waals surface area contributed by atoms with E-state index in [1.54, 1.807) is 43.6 Å². The summed E-state index contributed by atoms with van der Waals surface area (Å²) in [4.78, 5) is 39.1. The molecule has 0 saturated heterocycles. The SMILES string of the molecule is CC#CC(=O)N(C)[C@@H](C)c1nc(-c2ccc(C(=O)Nc3cc(C(F)(F)F)ccn3)cc2)c2c(N)nccn12. The number of carbonyl (C=O) groups excluding carboxylic acids is 2. The zero-order valence-corrected chi connectivity index (χ0v) is 20.5. The third-order valence-corrected chi connectivity index (χ3v) is 5.87. The van der Waals surface area contributed by atoms with Gasteiger partial charge in [-0.05, 0) is 44.0 Å². The number of nitrogen functional groups attached to an aromatic ring is 1. The Hall–Kier alpha value is -4.92. The van der Waals surface area contributed by atoms with Crippen LogP contribution in [0.1, 0.15) is 41.6 Å². The Labute approximate surface area is 215 Å². The molecule has 12 heteroatoms. The highest BCUT2D eigenvalue weighted by atomic mass is 19.4. The lowest BCUT2D eigenvalue weighted by molar-refractivity contribution is -0.137. The average Bonchev–Trinajstić information content (AvgIpc) is 3.28. The van der Waals surface area contributed by atoms with Gasteiger partial charge in [0.2, 0.25) is 0 Å². The van der Waals surface area contributed by atoms with Crippen LogP contribution < -0.4 is 11.1 Å². The predicted molar refractivity (Wildman–Crippen MR) is 135 cm³/mol. The first-order valence-electron chi connectivity index (χ1n) is 11.3. The molecule has 194 valence electrons. The zero-order chi connectivity index (χ0) is 27.6. The van der Waals surface area contributed by atoms with Crippen LogP contribution in [-0.2, 0) is 11.0 Å². The van der Waals surface area contributed by atoms with Crippen molar-refractivity contribution in [1.29, 1.82) is 0 Å². The second kappa shape index (κ2) is 10.2. The van der Waals surface area contributed by atoms with Gasteiger partial charge in [0.05, 0.1) is 11.6 Å². The highest BCUT2D eigenvalue weighted by Crippen LogP contribution is 2.32. The van der Waals surface area contributed by atoms with Crippen molar-refractivity contribution in [2.24, 2.45) is 0 Å². The number of nitrogens with zero attached hydrogens (tertiary/aromatic N) is 5. The molecule has 0 spiro atoms. The number of anilines is 2. The third-order valence-electron chi connectivity index (χ3n) is 5.87. The minimum atomic E-state index is -4.56. The van der Waals surface area contributed by atoms with Crippen LogP contribution in [0.25, 0.3) is 16.8 Å². The summed E-state index contributed by atoms with van der Waals surface area (Å²) in [6.07, 6.45) is -0.382. The molecule has 1 aromatic carbocycles. The number of halogens is 3. The molecule has 4 rings (SSSR count). The minimum absolute atomic E-state index is 0.194. The molecule has 4 aromatic rings. The first-order valence-corrected chi connectivity index (χ1v) is 11.3. The summed E-state index contributed by atoms with van der Waals surface area (Å²) in [5.41, 5.74) is 7.05. The number of alkyl halides is 3. The molecule has 0 saturated carbocycles. The van der Waals surface area contributed by atoms with E-state index in [9.17, 15) is 22.8 Å². The van der Waals surface area contributed by atoms with E-state index in [1.807, 2.05) is 0 Å². The Balaban J connectivity index is 1.65. The fourth-order valence-electron chi connectivity index (χ4n) is 3.77. The van der Waals surface area contributed by atoms with Crippen molar-refractivity contribution in [1.82, 2.24) is 24.3 Å². The van der Waals surface area contributed by atoms with E-state index >= 15 is 0 Å². The number of amides is 2. The van der Waals surface area contributed by atoms with E-state index in [1.165, 1.54) is 23.2 Å². The highest BCUT2D eigenvalue weighted by Gasteiger charge is 2.31. The summed E-state index contributed by atoms with van der Waals surface area (Å²) in [7, 11) is 1.62. The van der Waals surface area contributed by atoms with Gasteiger partial charge in [-0.3, -0.25) is 14.0 Å². The van der Waals surface area contributed by atoms with E-state index in [-0.39, 0.29) is 23.1 Å². The fraction of sp³-hybridized carbons (Fsp3) is 0.192. The average molecular weight is 522 g/mol. The zero-order valence-electron chi connectivity index (χ0n) is 20.5. The molecule has 0 bridgehead atoms. The number of pyridine rings is 1. The molecule has 38 heavy (non-hydrogen) atoms. The summed E-state index contributed by atoms with van der Waals surface area (Å²) in [6, 6.07) is 7.40. The Morgan fingerprint density at radius 1 is 1.13 bits per heavy atom. The van der Waals surface area contributed by atoms with Gasteiger partial charge in [-0.2, -0.15) is 13.2 Å². The first-order chi connectivity index (χ1) is 18.0. The monoisotopic (exact) mass is 521 g/mol. The maximum atomic E-state index is 13.0. The van der Waals surface area contributed by atoms with E-state index in [0.717, 1.165) is 18.3 Å². The fourth-order valence-corrected chi connectivity index (χ4v) is 3.77. The van der Waals surface area contributed by atoms with Gasteiger partial charge in [0.15, 0.2) is 0 Å². The number of nitrogens with one attached hydrogen (secondary N) is 1. The van der Waals surface area contributed by atoms with Gasteiger partial charge in [-0.25, -0.2) is 15.0 Å². The van der Waals surface area contributed by atoms with Crippen molar-refractivity contribution >= 4 is 29.0 Å². The number of fused-ring (bicyclic) bond motifs is 1. The van der Waals surface area contributed by atoms with Crippen molar-refractivity contribution in [3.63, 3.8) is 0 Å². The molecule has 0 unspecified atom stereocenters. The molecule has 1 atom stereocenters. The van der Waals surface area contributed by atoms with Crippen molar-refractivity contribution in [2.75, 3.05) is 18.1 Å². The Kier molecular flexibility index (Phi) is 7.03. The molecular weight excluding hydrogens is 499 g/mol. The van der Waals surface area contributed by atoms with Crippen molar-refractivity contribution in [2.45, 2.75) is 26.1 Å². The largest absolute Gasteiger partial charge is 0.416 e. The number of imidazole rings is 1. The van der Waals surface area contributed by atoms with E-state index in [2.05, 4.69) is 27.1 Å². The molecule has 3 heterocycles. The van der Waals surface area contributed by atoms with Crippen molar-refractivity contribution < 1.29 is 22.8 Å².